The van der Waals surface area contributed by atoms with E-state index >= 15 is 0 Å². The second-order valence-electron chi connectivity index (χ2n) is 7.87. The van der Waals surface area contributed by atoms with Gasteiger partial charge in [0.05, 0.1) is 22.7 Å². The van der Waals surface area contributed by atoms with Gasteiger partial charge in [0.15, 0.2) is 5.16 Å². The average Bonchev–Trinajstić information content (AvgIpc) is 2.83. The van der Waals surface area contributed by atoms with E-state index in [1.54, 1.807) is 34.7 Å². The van der Waals surface area contributed by atoms with Crippen molar-refractivity contribution in [3.8, 4) is 0 Å². The molecular formula is C26H24ClN3O2S. The number of aromatic nitrogens is 2. The summed E-state index contributed by atoms with van der Waals surface area (Å²) in [4.78, 5) is 32.9. The normalized spacial score (nSPS) is 12.0. The first kappa shape index (κ1) is 23.1. The standard InChI is InChI=1S/C26H24ClN3O2S/c1-18(24(31)29(2)16-19-8-4-3-5-9-19)33-26-28-23-11-7-6-10-22(23)25(32)30(26)17-20-12-14-21(27)15-13-20/h3-15,18H,16-17H2,1-2H3/t18-/m1/s1. The van der Waals surface area contributed by atoms with Gasteiger partial charge in [0.2, 0.25) is 5.91 Å². The van der Waals surface area contributed by atoms with Crippen molar-refractivity contribution in [1.29, 1.82) is 0 Å². The number of rotatable bonds is 7. The van der Waals surface area contributed by atoms with Crippen LogP contribution in [0.4, 0.5) is 0 Å². The van der Waals surface area contributed by atoms with Gasteiger partial charge in [0.25, 0.3) is 5.56 Å². The van der Waals surface area contributed by atoms with Crippen LogP contribution in [-0.2, 0) is 17.9 Å². The molecule has 0 saturated heterocycles. The highest BCUT2D eigenvalue weighted by molar-refractivity contribution is 8.00. The van der Waals surface area contributed by atoms with Gasteiger partial charge in [-0.3, -0.25) is 14.2 Å². The Labute approximate surface area is 202 Å². The van der Waals surface area contributed by atoms with Crippen molar-refractivity contribution in [3.05, 3.63) is 105 Å². The Morgan fingerprint density at radius 3 is 2.39 bits per heavy atom. The Bertz CT molecular complexity index is 1320. The lowest BCUT2D eigenvalue weighted by atomic mass is 10.2. The van der Waals surface area contributed by atoms with Crippen LogP contribution in [0.25, 0.3) is 10.9 Å². The smallest absolute Gasteiger partial charge is 0.262 e. The monoisotopic (exact) mass is 477 g/mol. The van der Waals surface area contributed by atoms with Crippen LogP contribution in [-0.4, -0.2) is 32.7 Å². The third kappa shape index (κ3) is 5.46. The van der Waals surface area contributed by atoms with E-state index in [0.717, 1.165) is 11.1 Å². The molecule has 0 aliphatic heterocycles. The molecule has 0 unspecified atom stereocenters. The quantitative estimate of drug-likeness (QED) is 0.270. The summed E-state index contributed by atoms with van der Waals surface area (Å²) < 4.78 is 1.64. The maximum absolute atomic E-state index is 13.3. The summed E-state index contributed by atoms with van der Waals surface area (Å²) in [6, 6.07) is 24.5. The molecule has 1 aromatic heterocycles. The summed E-state index contributed by atoms with van der Waals surface area (Å²) in [5, 5.41) is 1.29. The maximum atomic E-state index is 13.3. The first-order chi connectivity index (χ1) is 15.9. The summed E-state index contributed by atoms with van der Waals surface area (Å²) in [7, 11) is 1.79. The first-order valence-corrected chi connectivity index (χ1v) is 11.9. The lowest BCUT2D eigenvalue weighted by Gasteiger charge is -2.22. The number of fused-ring (bicyclic) bond motifs is 1. The fraction of sp³-hybridized carbons (Fsp3) is 0.192. The summed E-state index contributed by atoms with van der Waals surface area (Å²) in [5.41, 5.74) is 2.49. The Kier molecular flexibility index (Phi) is 7.16. The minimum Gasteiger partial charge on any atom is -0.340 e. The molecule has 4 rings (SSSR count). The number of para-hydroxylation sites is 1. The fourth-order valence-corrected chi connectivity index (χ4v) is 4.75. The number of carbonyl (C=O) groups is 1. The molecule has 1 amide bonds. The molecule has 168 valence electrons. The molecule has 0 spiro atoms. The van der Waals surface area contributed by atoms with Crippen molar-refractivity contribution in [2.24, 2.45) is 0 Å². The van der Waals surface area contributed by atoms with E-state index in [1.807, 2.05) is 67.6 Å². The molecule has 0 aliphatic rings. The van der Waals surface area contributed by atoms with Crippen molar-refractivity contribution in [2.75, 3.05) is 7.05 Å². The molecule has 5 nitrogen and oxygen atoms in total. The summed E-state index contributed by atoms with van der Waals surface area (Å²) in [5.74, 6) is -0.0238. The minimum atomic E-state index is -0.414. The molecule has 0 bridgehead atoms. The van der Waals surface area contributed by atoms with Crippen molar-refractivity contribution < 1.29 is 4.79 Å². The third-order valence-electron chi connectivity index (χ3n) is 5.35. The van der Waals surface area contributed by atoms with Crippen molar-refractivity contribution in [3.63, 3.8) is 0 Å². The molecule has 0 radical (unpaired) electrons. The van der Waals surface area contributed by atoms with Crippen LogP contribution in [0.15, 0.2) is 88.8 Å². The van der Waals surface area contributed by atoms with Gasteiger partial charge in [-0.1, -0.05) is 78.0 Å². The van der Waals surface area contributed by atoms with Gasteiger partial charge in [0.1, 0.15) is 0 Å². The third-order valence-corrected chi connectivity index (χ3v) is 6.68. The summed E-state index contributed by atoms with van der Waals surface area (Å²) >= 11 is 7.32. The zero-order valence-electron chi connectivity index (χ0n) is 18.4. The summed E-state index contributed by atoms with van der Waals surface area (Å²) in [6.07, 6.45) is 0. The van der Waals surface area contributed by atoms with Crippen LogP contribution in [0.2, 0.25) is 5.02 Å². The van der Waals surface area contributed by atoms with Gasteiger partial charge in [-0.2, -0.15) is 0 Å². The molecule has 0 fully saturated rings. The Morgan fingerprint density at radius 1 is 1.00 bits per heavy atom. The first-order valence-electron chi connectivity index (χ1n) is 10.6. The van der Waals surface area contributed by atoms with Gasteiger partial charge in [-0.25, -0.2) is 4.98 Å². The predicted molar refractivity (Wildman–Crippen MR) is 135 cm³/mol. The van der Waals surface area contributed by atoms with Crippen molar-refractivity contribution in [2.45, 2.75) is 30.4 Å². The fourth-order valence-electron chi connectivity index (χ4n) is 3.60. The van der Waals surface area contributed by atoms with Crippen molar-refractivity contribution >= 4 is 40.2 Å². The molecule has 7 heteroatoms. The van der Waals surface area contributed by atoms with E-state index < -0.39 is 5.25 Å². The van der Waals surface area contributed by atoms with E-state index in [4.69, 9.17) is 16.6 Å². The van der Waals surface area contributed by atoms with Crippen LogP contribution in [0, 0.1) is 0 Å². The topological polar surface area (TPSA) is 55.2 Å². The van der Waals surface area contributed by atoms with Crippen LogP contribution >= 0.6 is 23.4 Å². The SMILES string of the molecule is C[C@@H](Sc1nc2ccccc2c(=O)n1Cc1ccc(Cl)cc1)C(=O)N(C)Cc1ccccc1. The second-order valence-corrected chi connectivity index (χ2v) is 9.61. The molecule has 0 aliphatic carbocycles. The average molecular weight is 478 g/mol. The highest BCUT2D eigenvalue weighted by Crippen LogP contribution is 2.25. The molecule has 0 saturated carbocycles. The number of halogens is 1. The van der Waals surface area contributed by atoms with E-state index in [9.17, 15) is 9.59 Å². The highest BCUT2D eigenvalue weighted by atomic mass is 35.5. The molecule has 1 heterocycles. The second kappa shape index (κ2) is 10.2. The number of hydrogen-bond donors (Lipinski definition) is 0. The molecule has 4 aromatic rings. The van der Waals surface area contributed by atoms with E-state index in [1.165, 1.54) is 11.8 Å². The lowest BCUT2D eigenvalue weighted by Crippen LogP contribution is -2.33. The van der Waals surface area contributed by atoms with Crippen LogP contribution < -0.4 is 5.56 Å². The Morgan fingerprint density at radius 2 is 1.67 bits per heavy atom. The molecule has 3 aromatic carbocycles. The van der Waals surface area contributed by atoms with Crippen LogP contribution in [0.1, 0.15) is 18.1 Å². The zero-order chi connectivity index (χ0) is 23.4. The van der Waals surface area contributed by atoms with E-state index in [0.29, 0.717) is 34.2 Å². The van der Waals surface area contributed by atoms with Gasteiger partial charge in [-0.15, -0.1) is 0 Å². The number of benzene rings is 3. The van der Waals surface area contributed by atoms with Crippen LogP contribution in [0.5, 0.6) is 0 Å². The molecule has 0 N–H and O–H groups in total. The largest absolute Gasteiger partial charge is 0.340 e. The number of amides is 1. The van der Waals surface area contributed by atoms with Gasteiger partial charge in [0, 0.05) is 18.6 Å². The van der Waals surface area contributed by atoms with Crippen molar-refractivity contribution in [1.82, 2.24) is 14.5 Å². The maximum Gasteiger partial charge on any atom is 0.262 e. The number of nitrogens with zero attached hydrogens (tertiary/aromatic N) is 3. The van der Waals surface area contributed by atoms with Gasteiger partial charge >= 0.3 is 0 Å². The molecule has 1 atom stereocenters. The highest BCUT2D eigenvalue weighted by Gasteiger charge is 2.22. The van der Waals surface area contributed by atoms with E-state index in [-0.39, 0.29) is 11.5 Å². The number of hydrogen-bond acceptors (Lipinski definition) is 4. The van der Waals surface area contributed by atoms with Gasteiger partial charge in [-0.05, 0) is 42.3 Å². The van der Waals surface area contributed by atoms with E-state index in [2.05, 4.69) is 0 Å². The molecule has 33 heavy (non-hydrogen) atoms. The lowest BCUT2D eigenvalue weighted by molar-refractivity contribution is -0.129. The molecular weight excluding hydrogens is 454 g/mol. The minimum absolute atomic E-state index is 0.0238. The predicted octanol–water partition coefficient (Wildman–Crippen LogP) is 5.24. The van der Waals surface area contributed by atoms with Crippen LogP contribution in [0.3, 0.4) is 0 Å². The Balaban J connectivity index is 1.63. The number of carbonyl (C=O) groups excluding carboxylic acids is 1. The number of thioether (sulfide) groups is 1. The van der Waals surface area contributed by atoms with Gasteiger partial charge < -0.3 is 4.90 Å². The Hall–Kier alpha value is -3.09. The zero-order valence-corrected chi connectivity index (χ0v) is 20.0. The summed E-state index contributed by atoms with van der Waals surface area (Å²) in [6.45, 7) is 2.71.